The van der Waals surface area contributed by atoms with Crippen LogP contribution in [0.15, 0.2) is 78.9 Å². The fourth-order valence-electron chi connectivity index (χ4n) is 3.01. The van der Waals surface area contributed by atoms with E-state index < -0.39 is 29.7 Å². The molecule has 0 fully saturated rings. The first kappa shape index (κ1) is 24.2. The third kappa shape index (κ3) is 7.27. The molecule has 33 heavy (non-hydrogen) atoms. The van der Waals surface area contributed by atoms with Gasteiger partial charge in [0.1, 0.15) is 11.5 Å². The van der Waals surface area contributed by atoms with Gasteiger partial charge in [0.25, 0.3) is 0 Å². The van der Waals surface area contributed by atoms with Crippen molar-refractivity contribution in [1.82, 2.24) is 0 Å². The zero-order valence-corrected chi connectivity index (χ0v) is 16.9. The highest BCUT2D eigenvalue weighted by Crippen LogP contribution is 2.36. The van der Waals surface area contributed by atoms with Gasteiger partial charge in [0.2, 0.25) is 0 Å². The van der Waals surface area contributed by atoms with E-state index in [0.717, 1.165) is 30.3 Å². The van der Waals surface area contributed by atoms with Gasteiger partial charge in [0.15, 0.2) is 11.6 Å². The third-order valence-corrected chi connectivity index (χ3v) is 4.45. The van der Waals surface area contributed by atoms with Crippen LogP contribution in [-0.4, -0.2) is 12.5 Å². The maximum Gasteiger partial charge on any atom is 0.573 e. The van der Waals surface area contributed by atoms with E-state index in [9.17, 15) is 30.7 Å². The van der Waals surface area contributed by atoms with Crippen LogP contribution in [0.25, 0.3) is 5.57 Å². The summed E-state index contributed by atoms with van der Waals surface area (Å²) in [5.41, 5.74) is -0.748. The summed E-state index contributed by atoms with van der Waals surface area (Å²) in [7, 11) is 0. The molecule has 3 aromatic carbocycles. The lowest BCUT2D eigenvalue weighted by molar-refractivity contribution is -0.274. The van der Waals surface area contributed by atoms with E-state index in [1.807, 2.05) is 0 Å². The van der Waals surface area contributed by atoms with E-state index in [1.54, 1.807) is 30.3 Å². The summed E-state index contributed by atoms with van der Waals surface area (Å²) in [6, 6.07) is 15.9. The molecule has 0 heterocycles. The second-order valence-electron chi connectivity index (χ2n) is 6.91. The summed E-state index contributed by atoms with van der Waals surface area (Å²) in [6.45, 7) is 0. The molecule has 0 N–H and O–H groups in total. The van der Waals surface area contributed by atoms with E-state index >= 15 is 0 Å². The Hall–Kier alpha value is -3.49. The van der Waals surface area contributed by atoms with Crippen LogP contribution < -0.4 is 9.47 Å². The molecule has 0 radical (unpaired) electrons. The van der Waals surface area contributed by atoms with Crippen LogP contribution in [0.4, 0.5) is 30.7 Å². The molecule has 0 atom stereocenters. The molecule has 0 aliphatic rings. The van der Waals surface area contributed by atoms with Crippen LogP contribution in [0.5, 0.6) is 17.2 Å². The van der Waals surface area contributed by atoms with Crippen molar-refractivity contribution < 1.29 is 40.2 Å². The molecular weight excluding hydrogens is 453 g/mol. The van der Waals surface area contributed by atoms with Gasteiger partial charge in [0.05, 0.1) is 5.57 Å². The van der Waals surface area contributed by atoms with Crippen LogP contribution in [-0.2, 0) is 6.42 Å². The predicted molar refractivity (Wildman–Crippen MR) is 108 cm³/mol. The van der Waals surface area contributed by atoms with Crippen LogP contribution in [0, 0.1) is 5.82 Å². The fourth-order valence-corrected chi connectivity index (χ4v) is 3.01. The molecule has 9 heteroatoms. The highest BCUT2D eigenvalue weighted by molar-refractivity contribution is 5.70. The van der Waals surface area contributed by atoms with E-state index in [4.69, 9.17) is 4.74 Å². The Balaban J connectivity index is 1.74. The molecule has 0 aliphatic carbocycles. The lowest BCUT2D eigenvalue weighted by Crippen LogP contribution is -2.17. The lowest BCUT2D eigenvalue weighted by atomic mass is 10.0. The molecule has 3 aromatic rings. The second-order valence-corrected chi connectivity index (χ2v) is 6.91. The summed E-state index contributed by atoms with van der Waals surface area (Å²) < 4.78 is 100. The molecule has 0 unspecified atom stereocenters. The van der Waals surface area contributed by atoms with Crippen molar-refractivity contribution in [2.45, 2.75) is 25.4 Å². The minimum Gasteiger partial charge on any atom is -0.454 e. The third-order valence-electron chi connectivity index (χ3n) is 4.45. The normalized spacial score (nSPS) is 12.5. The Morgan fingerprint density at radius 2 is 1.45 bits per heavy atom. The summed E-state index contributed by atoms with van der Waals surface area (Å²) >= 11 is 0. The first-order chi connectivity index (χ1) is 15.5. The van der Waals surface area contributed by atoms with Gasteiger partial charge in [-0.2, -0.15) is 13.2 Å². The first-order valence-corrected chi connectivity index (χ1v) is 9.66. The van der Waals surface area contributed by atoms with E-state index in [0.29, 0.717) is 11.3 Å². The Bertz CT molecular complexity index is 1090. The zero-order chi connectivity index (χ0) is 24.1. The van der Waals surface area contributed by atoms with Crippen molar-refractivity contribution in [2.75, 3.05) is 0 Å². The van der Waals surface area contributed by atoms with Gasteiger partial charge in [-0.1, -0.05) is 42.5 Å². The molecule has 2 nitrogen and oxygen atoms in total. The van der Waals surface area contributed by atoms with Crippen molar-refractivity contribution in [2.24, 2.45) is 0 Å². The summed E-state index contributed by atoms with van der Waals surface area (Å²) in [6.07, 6.45) is -8.62. The number of ether oxygens (including phenoxy) is 2. The number of hydrogen-bond acceptors (Lipinski definition) is 2. The lowest BCUT2D eigenvalue weighted by Gasteiger charge is -2.14. The fraction of sp³-hybridized carbons (Fsp3) is 0.167. The van der Waals surface area contributed by atoms with Gasteiger partial charge >= 0.3 is 12.5 Å². The minimum atomic E-state index is -4.94. The number of aryl methyl sites for hydroxylation is 1. The van der Waals surface area contributed by atoms with Crippen molar-refractivity contribution in [3.63, 3.8) is 0 Å². The SMILES string of the molecule is Fc1ccc(CC/C=C(\c2ccc(OC(F)(F)F)cc2)C(F)(F)F)cc1Oc1ccccc1. The van der Waals surface area contributed by atoms with Crippen molar-refractivity contribution in [3.8, 4) is 17.2 Å². The first-order valence-electron chi connectivity index (χ1n) is 9.66. The summed E-state index contributed by atoms with van der Waals surface area (Å²) in [4.78, 5) is 0. The molecule has 0 spiro atoms. The van der Waals surface area contributed by atoms with E-state index in [2.05, 4.69) is 4.74 Å². The van der Waals surface area contributed by atoms with Crippen LogP contribution in [0.1, 0.15) is 17.5 Å². The van der Waals surface area contributed by atoms with Gasteiger partial charge in [-0.3, -0.25) is 0 Å². The minimum absolute atomic E-state index is 0.0495. The number of benzene rings is 3. The average molecular weight is 470 g/mol. The molecule has 0 aliphatic heterocycles. The van der Waals surface area contributed by atoms with Gasteiger partial charge in [-0.25, -0.2) is 4.39 Å². The highest BCUT2D eigenvalue weighted by atomic mass is 19.4. The average Bonchev–Trinajstić information content (AvgIpc) is 2.73. The Morgan fingerprint density at radius 1 is 0.788 bits per heavy atom. The van der Waals surface area contributed by atoms with E-state index in [-0.39, 0.29) is 24.2 Å². The zero-order valence-electron chi connectivity index (χ0n) is 16.9. The largest absolute Gasteiger partial charge is 0.573 e. The highest BCUT2D eigenvalue weighted by Gasteiger charge is 2.35. The Morgan fingerprint density at radius 3 is 2.06 bits per heavy atom. The molecule has 174 valence electrons. The van der Waals surface area contributed by atoms with Crippen molar-refractivity contribution >= 4 is 5.57 Å². The maximum absolute atomic E-state index is 14.1. The number of para-hydroxylation sites is 1. The van der Waals surface area contributed by atoms with Crippen LogP contribution in [0.3, 0.4) is 0 Å². The Kier molecular flexibility index (Phi) is 7.30. The van der Waals surface area contributed by atoms with Crippen LogP contribution >= 0.6 is 0 Å². The smallest absolute Gasteiger partial charge is 0.454 e. The van der Waals surface area contributed by atoms with Crippen molar-refractivity contribution in [1.29, 1.82) is 0 Å². The number of halogens is 7. The molecule has 0 saturated heterocycles. The Labute approximate surface area is 184 Å². The van der Waals surface area contributed by atoms with Gasteiger partial charge in [-0.15, -0.1) is 13.2 Å². The van der Waals surface area contributed by atoms with Gasteiger partial charge in [-0.05, 0) is 60.4 Å². The second kappa shape index (κ2) is 9.97. The molecule has 3 rings (SSSR count). The summed E-state index contributed by atoms with van der Waals surface area (Å²) in [5, 5.41) is 0. The van der Waals surface area contributed by atoms with Gasteiger partial charge < -0.3 is 9.47 Å². The molecule has 0 saturated carbocycles. The number of allylic oxidation sites excluding steroid dienone is 2. The van der Waals surface area contributed by atoms with Crippen molar-refractivity contribution in [3.05, 3.63) is 95.8 Å². The molecule has 0 amide bonds. The van der Waals surface area contributed by atoms with Gasteiger partial charge in [0, 0.05) is 0 Å². The summed E-state index contributed by atoms with van der Waals surface area (Å²) in [5.74, 6) is -0.884. The molecule has 0 aromatic heterocycles. The standard InChI is InChI=1S/C24H17F7O2/c25-21-14-9-16(15-22(21)32-18-6-2-1-3-7-18)5-4-8-20(23(26,27)28)17-10-12-19(13-11-17)33-24(29,30)31/h1-3,6-15H,4-5H2/b20-8+. The molecular formula is C24H17F7O2. The number of hydrogen-bond donors (Lipinski definition) is 0. The number of alkyl halides is 6. The predicted octanol–water partition coefficient (Wildman–Crippen LogP) is 8.10. The topological polar surface area (TPSA) is 18.5 Å². The number of rotatable bonds is 7. The van der Waals surface area contributed by atoms with E-state index in [1.165, 1.54) is 18.2 Å². The quantitative estimate of drug-likeness (QED) is 0.325. The maximum atomic E-state index is 14.1. The van der Waals surface area contributed by atoms with Crippen LogP contribution in [0.2, 0.25) is 0 Å². The molecule has 0 bridgehead atoms. The monoisotopic (exact) mass is 470 g/mol.